The lowest BCUT2D eigenvalue weighted by Crippen LogP contribution is -2.54. The Bertz CT molecular complexity index is 2380. The highest BCUT2D eigenvalue weighted by Gasteiger charge is 2.49. The number of thioether (sulfide) groups is 1. The van der Waals surface area contributed by atoms with E-state index >= 15 is 0 Å². The molecule has 0 saturated carbocycles. The predicted octanol–water partition coefficient (Wildman–Crippen LogP) is 12.6. The predicted molar refractivity (Wildman–Crippen MR) is 251 cm³/mol. The van der Waals surface area contributed by atoms with Gasteiger partial charge in [-0.2, -0.15) is 0 Å². The van der Waals surface area contributed by atoms with E-state index in [1.165, 1.54) is 22.3 Å². The quantitative estimate of drug-likeness (QED) is 0.0808. The van der Waals surface area contributed by atoms with Gasteiger partial charge in [-0.1, -0.05) is 188 Å². The molecule has 5 atom stereocenters. The fourth-order valence-electron chi connectivity index (χ4n) is 7.98. The Balaban J connectivity index is 1.23. The number of hydrogen-bond acceptors (Lipinski definition) is 6. The first-order valence-corrected chi connectivity index (χ1v) is 22.6. The van der Waals surface area contributed by atoms with Gasteiger partial charge in [0.1, 0.15) is 30.7 Å². The molecular weight excluding hydrogens is 785 g/mol. The van der Waals surface area contributed by atoms with Crippen LogP contribution in [0.5, 0.6) is 5.75 Å². The van der Waals surface area contributed by atoms with Crippen LogP contribution in [0.3, 0.4) is 0 Å². The van der Waals surface area contributed by atoms with Crippen LogP contribution < -0.4 is 4.74 Å². The van der Waals surface area contributed by atoms with Crippen LogP contribution in [-0.4, -0.2) is 30.2 Å². The summed E-state index contributed by atoms with van der Waals surface area (Å²) in [5.41, 5.74) is 11.6. The first-order valence-electron chi connectivity index (χ1n) is 21.6. The van der Waals surface area contributed by atoms with Crippen LogP contribution >= 0.6 is 11.8 Å². The van der Waals surface area contributed by atoms with E-state index in [1.54, 1.807) is 0 Å². The van der Waals surface area contributed by atoms with E-state index in [0.717, 1.165) is 45.6 Å². The Kier molecular flexibility index (Phi) is 15.4. The van der Waals surface area contributed by atoms with Crippen LogP contribution in [0.2, 0.25) is 0 Å². The molecule has 8 rings (SSSR count). The molecule has 1 heterocycles. The molecule has 6 heteroatoms. The van der Waals surface area contributed by atoms with E-state index in [-0.39, 0.29) is 16.6 Å². The second-order valence-corrected chi connectivity index (χ2v) is 17.5. The molecule has 316 valence electrons. The average molecular weight is 841 g/mol. The molecule has 7 aromatic rings. The van der Waals surface area contributed by atoms with E-state index in [0.29, 0.717) is 39.6 Å². The maximum absolute atomic E-state index is 7.24. The zero-order valence-corrected chi connectivity index (χ0v) is 36.5. The smallest absolute Gasteiger partial charge is 0.124 e. The molecule has 0 aliphatic carbocycles. The van der Waals surface area contributed by atoms with Gasteiger partial charge in [-0.25, -0.2) is 0 Å². The molecule has 0 amide bonds. The van der Waals surface area contributed by atoms with Crippen LogP contribution in [0.15, 0.2) is 188 Å². The van der Waals surface area contributed by atoms with E-state index in [2.05, 4.69) is 172 Å². The lowest BCUT2D eigenvalue weighted by atomic mass is 9.91. The molecule has 1 aliphatic rings. The molecule has 0 radical (unpaired) electrons. The highest BCUT2D eigenvalue weighted by Crippen LogP contribution is 2.50. The van der Waals surface area contributed by atoms with Crippen molar-refractivity contribution >= 4 is 11.8 Å². The molecule has 7 aromatic carbocycles. The van der Waals surface area contributed by atoms with Crippen molar-refractivity contribution in [2.75, 3.05) is 6.61 Å². The van der Waals surface area contributed by atoms with Crippen molar-refractivity contribution in [3.63, 3.8) is 0 Å². The number of rotatable bonds is 19. The molecule has 1 saturated heterocycles. The van der Waals surface area contributed by atoms with Crippen molar-refractivity contribution in [2.24, 2.45) is 0 Å². The second kappa shape index (κ2) is 22.1. The molecule has 1 aliphatic heterocycles. The molecule has 0 spiro atoms. The van der Waals surface area contributed by atoms with E-state index < -0.39 is 12.2 Å². The Morgan fingerprint density at radius 3 is 1.40 bits per heavy atom. The Morgan fingerprint density at radius 1 is 0.435 bits per heavy atom. The highest BCUT2D eigenvalue weighted by molar-refractivity contribution is 8.00. The van der Waals surface area contributed by atoms with E-state index in [1.807, 2.05) is 42.1 Å². The number of aryl methyl sites for hydroxylation is 2. The minimum atomic E-state index is -0.469. The summed E-state index contributed by atoms with van der Waals surface area (Å²) in [6.45, 7) is 6.96. The Labute approximate surface area is 372 Å². The topological polar surface area (TPSA) is 46.2 Å². The summed E-state index contributed by atoms with van der Waals surface area (Å²) in [4.78, 5) is 0. The minimum absolute atomic E-state index is 0.117. The monoisotopic (exact) mass is 840 g/mol. The summed E-state index contributed by atoms with van der Waals surface area (Å²) in [5.74, 6) is 0.847. The maximum Gasteiger partial charge on any atom is 0.124 e. The SMILES string of the molecule is Cc1ccc(Cc2cc([C@@H]3S[C@H](COCc4ccccc4)[C@@H](OCc4ccccc4)[C@H](OCc4ccccc4)[C@H]3OCc3ccccc3)c(OCc3ccccc3)cc2C)cc1. The molecule has 0 bridgehead atoms. The average Bonchev–Trinajstić information content (AvgIpc) is 3.32. The lowest BCUT2D eigenvalue weighted by Gasteiger charge is -2.46. The largest absolute Gasteiger partial charge is 0.489 e. The molecular formula is C56H56O5S. The van der Waals surface area contributed by atoms with Crippen molar-refractivity contribution in [3.8, 4) is 5.75 Å². The van der Waals surface area contributed by atoms with Crippen LogP contribution in [0.1, 0.15) is 60.9 Å². The second-order valence-electron chi connectivity index (χ2n) is 16.1. The standard InChI is InChI=1S/C56H56O5S/c1-41-28-30-43(31-29-41)33-49-34-50(51(32-42(49)2)58-36-45-20-10-4-11-21-45)56-55(61-39-48-26-16-7-17-27-48)54(60-38-47-24-14-6-15-25-47)53(59-37-46-22-12-5-13-23-46)52(62-56)40-57-35-44-18-8-3-9-19-44/h3-32,34,52-56H,33,35-40H2,1-2H3/t52-,53-,54+,55-,56+/m1/s1. The third-order valence-corrected chi connectivity index (χ3v) is 13.0. The normalized spacial score (nSPS) is 18.6. The van der Waals surface area contributed by atoms with Gasteiger partial charge in [0.05, 0.1) is 43.5 Å². The third-order valence-electron chi connectivity index (χ3n) is 11.4. The van der Waals surface area contributed by atoms with Crippen molar-refractivity contribution < 1.29 is 23.7 Å². The first-order chi connectivity index (χ1) is 30.6. The molecule has 0 aromatic heterocycles. The molecule has 5 nitrogen and oxygen atoms in total. The minimum Gasteiger partial charge on any atom is -0.489 e. The van der Waals surface area contributed by atoms with Crippen LogP contribution in [0, 0.1) is 13.8 Å². The van der Waals surface area contributed by atoms with Gasteiger partial charge in [-0.3, -0.25) is 0 Å². The van der Waals surface area contributed by atoms with Crippen LogP contribution in [0.4, 0.5) is 0 Å². The van der Waals surface area contributed by atoms with Crippen molar-refractivity contribution in [3.05, 3.63) is 244 Å². The summed E-state index contributed by atoms with van der Waals surface area (Å²) in [6.07, 6.45) is -0.472. The highest BCUT2D eigenvalue weighted by atomic mass is 32.2. The Hall–Kier alpha value is -5.47. The zero-order chi connectivity index (χ0) is 42.4. The van der Waals surface area contributed by atoms with E-state index in [9.17, 15) is 0 Å². The van der Waals surface area contributed by atoms with Gasteiger partial charge in [-0.05, 0) is 70.8 Å². The lowest BCUT2D eigenvalue weighted by molar-refractivity contribution is -0.160. The summed E-state index contributed by atoms with van der Waals surface area (Å²) >= 11 is 1.86. The van der Waals surface area contributed by atoms with Gasteiger partial charge < -0.3 is 23.7 Å². The molecule has 0 N–H and O–H groups in total. The van der Waals surface area contributed by atoms with Gasteiger partial charge in [0.25, 0.3) is 0 Å². The molecule has 1 fully saturated rings. The Morgan fingerprint density at radius 2 is 0.887 bits per heavy atom. The third kappa shape index (κ3) is 11.9. The van der Waals surface area contributed by atoms with Gasteiger partial charge in [0, 0.05) is 5.56 Å². The van der Waals surface area contributed by atoms with Crippen molar-refractivity contribution in [1.29, 1.82) is 0 Å². The van der Waals surface area contributed by atoms with Crippen molar-refractivity contribution in [1.82, 2.24) is 0 Å². The van der Waals surface area contributed by atoms with Crippen molar-refractivity contribution in [2.45, 2.75) is 82.1 Å². The van der Waals surface area contributed by atoms with Crippen LogP contribution in [-0.2, 0) is 58.4 Å². The fourth-order valence-corrected chi connectivity index (χ4v) is 9.64. The van der Waals surface area contributed by atoms with Crippen LogP contribution in [0.25, 0.3) is 0 Å². The summed E-state index contributed by atoms with van der Waals surface area (Å²) < 4.78 is 35.0. The van der Waals surface area contributed by atoms with E-state index in [4.69, 9.17) is 23.7 Å². The summed E-state index contributed by atoms with van der Waals surface area (Å²) in [6, 6.07) is 65.4. The summed E-state index contributed by atoms with van der Waals surface area (Å²) in [5, 5.41) is -0.321. The van der Waals surface area contributed by atoms with Gasteiger partial charge in [0.2, 0.25) is 0 Å². The van der Waals surface area contributed by atoms with Gasteiger partial charge in [0.15, 0.2) is 0 Å². The summed E-state index contributed by atoms with van der Waals surface area (Å²) in [7, 11) is 0. The van der Waals surface area contributed by atoms with Gasteiger partial charge in [-0.15, -0.1) is 11.8 Å². The maximum atomic E-state index is 7.24. The first kappa shape index (κ1) is 43.2. The number of benzene rings is 7. The number of hydrogen-bond donors (Lipinski definition) is 0. The number of ether oxygens (including phenoxy) is 5. The molecule has 62 heavy (non-hydrogen) atoms. The zero-order valence-electron chi connectivity index (χ0n) is 35.7. The fraction of sp³-hybridized carbons (Fsp3) is 0.250. The van der Waals surface area contributed by atoms with Gasteiger partial charge >= 0.3 is 0 Å². The molecule has 0 unspecified atom stereocenters.